The minimum Gasteiger partial charge on any atom is -0.492 e. The van der Waals surface area contributed by atoms with Crippen molar-refractivity contribution in [1.29, 1.82) is 0 Å². The topological polar surface area (TPSA) is 58.6 Å². The maximum Gasteiger partial charge on any atom is 0.260 e. The molecule has 0 spiro atoms. The van der Waals surface area contributed by atoms with Crippen molar-refractivity contribution < 1.29 is 9.53 Å². The molecule has 178 valence electrons. The lowest BCUT2D eigenvalue weighted by Gasteiger charge is -2.23. The second kappa shape index (κ2) is 10.1. The van der Waals surface area contributed by atoms with E-state index in [1.54, 1.807) is 16.2 Å². The maximum atomic E-state index is 14.2. The van der Waals surface area contributed by atoms with E-state index in [0.717, 1.165) is 37.4 Å². The number of benzene rings is 2. The molecule has 35 heavy (non-hydrogen) atoms. The van der Waals surface area contributed by atoms with Gasteiger partial charge >= 0.3 is 0 Å². The van der Waals surface area contributed by atoms with Gasteiger partial charge in [-0.25, -0.2) is 9.97 Å². The molecule has 0 saturated carbocycles. The van der Waals surface area contributed by atoms with E-state index in [4.69, 9.17) is 14.7 Å². The number of pyridine rings is 1. The van der Waals surface area contributed by atoms with Crippen LogP contribution in [0.5, 0.6) is 5.75 Å². The fourth-order valence-electron chi connectivity index (χ4n) is 3.93. The van der Waals surface area contributed by atoms with Crippen LogP contribution in [-0.4, -0.2) is 54.6 Å². The van der Waals surface area contributed by atoms with Crippen LogP contribution in [0.25, 0.3) is 31.7 Å². The zero-order valence-corrected chi connectivity index (χ0v) is 21.5. The highest BCUT2D eigenvalue weighted by molar-refractivity contribution is 7.22. The minimum absolute atomic E-state index is 0.0831. The molecule has 5 rings (SSSR count). The van der Waals surface area contributed by atoms with Gasteiger partial charge in [0.05, 0.1) is 33.0 Å². The van der Waals surface area contributed by atoms with E-state index in [0.29, 0.717) is 30.4 Å². The fourth-order valence-corrected chi connectivity index (χ4v) is 5.63. The first kappa shape index (κ1) is 23.4. The molecule has 2 aromatic carbocycles. The summed E-state index contributed by atoms with van der Waals surface area (Å²) < 4.78 is 6.79. The molecule has 0 bridgehead atoms. The van der Waals surface area contributed by atoms with E-state index in [9.17, 15) is 4.79 Å². The normalized spacial score (nSPS) is 11.4. The summed E-state index contributed by atoms with van der Waals surface area (Å²) in [5.74, 6) is 0.655. The molecule has 1 amide bonds. The minimum atomic E-state index is -0.0831. The lowest BCUT2D eigenvalue weighted by Crippen LogP contribution is -2.37. The number of para-hydroxylation sites is 2. The first-order valence-corrected chi connectivity index (χ1v) is 13.2. The molecule has 3 aromatic heterocycles. The van der Waals surface area contributed by atoms with Crippen LogP contribution in [0.3, 0.4) is 0 Å². The summed E-state index contributed by atoms with van der Waals surface area (Å²) in [6.45, 7) is 3.74. The summed E-state index contributed by atoms with van der Waals surface area (Å²) in [7, 11) is 4.01. The molecule has 0 aliphatic heterocycles. The Balaban J connectivity index is 1.64. The van der Waals surface area contributed by atoms with E-state index in [1.807, 2.05) is 87.1 Å². The first-order valence-electron chi connectivity index (χ1n) is 11.5. The lowest BCUT2D eigenvalue weighted by atomic mass is 10.1. The van der Waals surface area contributed by atoms with Gasteiger partial charge in [0, 0.05) is 18.5 Å². The van der Waals surface area contributed by atoms with Gasteiger partial charge in [-0.15, -0.1) is 11.3 Å². The van der Waals surface area contributed by atoms with E-state index in [1.165, 1.54) is 11.3 Å². The molecular weight excluding hydrogens is 476 g/mol. The molecule has 0 aliphatic rings. The van der Waals surface area contributed by atoms with Crippen molar-refractivity contribution in [1.82, 2.24) is 14.9 Å². The largest absolute Gasteiger partial charge is 0.492 e. The summed E-state index contributed by atoms with van der Waals surface area (Å²) in [4.78, 5) is 28.8. The van der Waals surface area contributed by atoms with Crippen molar-refractivity contribution in [3.63, 3.8) is 0 Å². The highest BCUT2D eigenvalue weighted by atomic mass is 32.1. The Morgan fingerprint density at radius 1 is 1.00 bits per heavy atom. The summed E-state index contributed by atoms with van der Waals surface area (Å²) >= 11 is 3.12. The zero-order chi connectivity index (χ0) is 24.4. The molecule has 0 saturated heterocycles. The second-order valence-corrected chi connectivity index (χ2v) is 10.3. The van der Waals surface area contributed by atoms with Gasteiger partial charge < -0.3 is 9.64 Å². The zero-order valence-electron chi connectivity index (χ0n) is 19.9. The van der Waals surface area contributed by atoms with Crippen molar-refractivity contribution in [3.8, 4) is 16.3 Å². The second-order valence-electron chi connectivity index (χ2n) is 8.34. The van der Waals surface area contributed by atoms with Crippen LogP contribution in [0.1, 0.15) is 17.3 Å². The number of likely N-dealkylation sites (N-methyl/N-ethyl adjacent to an activating group) is 1. The molecular formula is C27H26N4O2S2. The van der Waals surface area contributed by atoms with Crippen molar-refractivity contribution in [3.05, 3.63) is 71.6 Å². The molecule has 3 heterocycles. The van der Waals surface area contributed by atoms with E-state index < -0.39 is 0 Å². The molecule has 0 radical (unpaired) electrons. The highest BCUT2D eigenvalue weighted by Gasteiger charge is 2.25. The third-order valence-electron chi connectivity index (χ3n) is 5.64. The Kier molecular flexibility index (Phi) is 6.77. The van der Waals surface area contributed by atoms with Crippen molar-refractivity contribution in [2.75, 3.05) is 38.7 Å². The number of aromatic nitrogens is 2. The summed E-state index contributed by atoms with van der Waals surface area (Å²) in [5, 5.41) is 3.52. The summed E-state index contributed by atoms with van der Waals surface area (Å²) in [6, 6.07) is 19.7. The molecule has 6 nitrogen and oxygen atoms in total. The van der Waals surface area contributed by atoms with Gasteiger partial charge in [-0.05, 0) is 56.7 Å². The number of hydrogen-bond donors (Lipinski definition) is 0. The Labute approximate surface area is 212 Å². The first-order chi connectivity index (χ1) is 17.0. The van der Waals surface area contributed by atoms with Crippen molar-refractivity contribution in [2.45, 2.75) is 6.92 Å². The van der Waals surface area contributed by atoms with Crippen LogP contribution in [0, 0.1) is 0 Å². The van der Waals surface area contributed by atoms with E-state index >= 15 is 0 Å². The number of carbonyl (C=O) groups is 1. The third-order valence-corrected chi connectivity index (χ3v) is 7.57. The number of hydrogen-bond acceptors (Lipinski definition) is 7. The quantitative estimate of drug-likeness (QED) is 0.254. The Hall–Kier alpha value is -3.33. The van der Waals surface area contributed by atoms with Gasteiger partial charge in [-0.3, -0.25) is 9.69 Å². The molecule has 0 atom stereocenters. The number of thiophene rings is 1. The van der Waals surface area contributed by atoms with Crippen LogP contribution in [0.15, 0.2) is 66.0 Å². The van der Waals surface area contributed by atoms with Crippen LogP contribution in [0.4, 0.5) is 5.13 Å². The van der Waals surface area contributed by atoms with E-state index in [-0.39, 0.29) is 5.91 Å². The van der Waals surface area contributed by atoms with Crippen molar-refractivity contribution >= 4 is 54.8 Å². The molecule has 0 unspecified atom stereocenters. The van der Waals surface area contributed by atoms with Gasteiger partial charge in [0.15, 0.2) is 5.13 Å². The fraction of sp³-hybridized carbons (Fsp3) is 0.222. The number of carbonyl (C=O) groups excluding carboxylic acids is 1. The van der Waals surface area contributed by atoms with Gasteiger partial charge in [-0.2, -0.15) is 0 Å². The van der Waals surface area contributed by atoms with Gasteiger partial charge in [-0.1, -0.05) is 41.7 Å². The number of thiazole rings is 1. The lowest BCUT2D eigenvalue weighted by molar-refractivity contribution is 0.0986. The molecule has 8 heteroatoms. The predicted octanol–water partition coefficient (Wildman–Crippen LogP) is 6.18. The smallest absolute Gasteiger partial charge is 0.260 e. The van der Waals surface area contributed by atoms with Crippen LogP contribution in [-0.2, 0) is 0 Å². The Morgan fingerprint density at radius 3 is 2.63 bits per heavy atom. The molecule has 0 N–H and O–H groups in total. The van der Waals surface area contributed by atoms with Crippen LogP contribution < -0.4 is 9.64 Å². The summed E-state index contributed by atoms with van der Waals surface area (Å²) in [5.41, 5.74) is 3.02. The van der Waals surface area contributed by atoms with E-state index in [2.05, 4.69) is 4.90 Å². The molecule has 0 aliphatic carbocycles. The third kappa shape index (κ3) is 4.77. The van der Waals surface area contributed by atoms with Gasteiger partial charge in [0.1, 0.15) is 11.3 Å². The average molecular weight is 503 g/mol. The average Bonchev–Trinajstić information content (AvgIpc) is 3.54. The Bertz CT molecular complexity index is 1480. The Morgan fingerprint density at radius 2 is 1.86 bits per heavy atom. The number of anilines is 1. The summed E-state index contributed by atoms with van der Waals surface area (Å²) in [6.07, 6.45) is 0. The number of nitrogens with zero attached hydrogens (tertiary/aromatic N) is 4. The SMILES string of the molecule is CCOc1cccc2sc(N(CCN(C)C)C(=O)c3cc(-c4cccs4)nc4ccccc34)nc12. The number of fused-ring (bicyclic) bond motifs is 2. The van der Waals surface area contributed by atoms with Crippen molar-refractivity contribution in [2.24, 2.45) is 0 Å². The number of ether oxygens (including phenoxy) is 1. The number of amides is 1. The highest BCUT2D eigenvalue weighted by Crippen LogP contribution is 2.36. The van der Waals surface area contributed by atoms with Crippen LogP contribution in [0.2, 0.25) is 0 Å². The predicted molar refractivity (Wildman–Crippen MR) is 146 cm³/mol. The monoisotopic (exact) mass is 502 g/mol. The number of rotatable bonds is 8. The maximum absolute atomic E-state index is 14.2. The molecule has 0 fully saturated rings. The van der Waals surface area contributed by atoms with Gasteiger partial charge in [0.2, 0.25) is 0 Å². The molecule has 5 aromatic rings. The standard InChI is InChI=1S/C27H26N4O2S2/c1-4-33-22-11-7-12-24-25(22)29-27(35-24)31(15-14-30(2)3)26(32)19-17-21(23-13-8-16-34-23)28-20-10-6-5-9-18(19)20/h5-13,16-17H,4,14-15H2,1-3H3. The van der Waals surface area contributed by atoms with Crippen LogP contribution >= 0.6 is 22.7 Å². The van der Waals surface area contributed by atoms with Gasteiger partial charge in [0.25, 0.3) is 5.91 Å².